The highest BCUT2D eigenvalue weighted by atomic mass is 16.5. The fourth-order valence-corrected chi connectivity index (χ4v) is 12.0. The quantitative estimate of drug-likeness (QED) is 0.428. The SMILES string of the molecule is CC1(C)CC[C@]23CC[C@]4(C)[C@@H](CC[C@@H]5[C@@]6(C)CC[C@@H](O)C(C)(C)[C@H]6CC[C@]54C)[C@H]2[C@H]1OC3. The van der Waals surface area contributed by atoms with E-state index in [4.69, 9.17) is 4.74 Å². The van der Waals surface area contributed by atoms with Crippen LogP contribution in [0.2, 0.25) is 0 Å². The topological polar surface area (TPSA) is 29.5 Å². The van der Waals surface area contributed by atoms with E-state index in [1.807, 2.05) is 0 Å². The van der Waals surface area contributed by atoms with Crippen LogP contribution in [0, 0.1) is 56.2 Å². The van der Waals surface area contributed by atoms with Crippen molar-refractivity contribution in [1.82, 2.24) is 0 Å². The van der Waals surface area contributed by atoms with Gasteiger partial charge in [0.15, 0.2) is 0 Å². The molecule has 1 aliphatic heterocycles. The molecule has 2 heteroatoms. The zero-order chi connectivity index (χ0) is 22.9. The van der Waals surface area contributed by atoms with Crippen molar-refractivity contribution in [2.24, 2.45) is 56.2 Å². The van der Waals surface area contributed by atoms with Gasteiger partial charge >= 0.3 is 0 Å². The van der Waals surface area contributed by atoms with Crippen LogP contribution in [0.1, 0.15) is 113 Å². The van der Waals surface area contributed by atoms with Gasteiger partial charge in [-0.2, -0.15) is 0 Å². The lowest BCUT2D eigenvalue weighted by atomic mass is 9.31. The molecule has 1 saturated heterocycles. The number of hydrogen-bond acceptors (Lipinski definition) is 2. The molecule has 182 valence electrons. The average molecular weight is 443 g/mol. The van der Waals surface area contributed by atoms with E-state index in [9.17, 15) is 5.11 Å². The van der Waals surface area contributed by atoms with Gasteiger partial charge in [0.1, 0.15) is 0 Å². The van der Waals surface area contributed by atoms with E-state index in [0.717, 1.165) is 30.8 Å². The van der Waals surface area contributed by atoms with Crippen molar-refractivity contribution >= 4 is 0 Å². The summed E-state index contributed by atoms with van der Waals surface area (Å²) in [7, 11) is 0. The van der Waals surface area contributed by atoms with E-state index >= 15 is 0 Å². The molecule has 0 aromatic carbocycles. The Hall–Kier alpha value is -0.0800. The highest BCUT2D eigenvalue weighted by Crippen LogP contribution is 2.78. The number of ether oxygens (including phenoxy) is 1. The summed E-state index contributed by atoms with van der Waals surface area (Å²) in [6, 6.07) is 0. The summed E-state index contributed by atoms with van der Waals surface area (Å²) in [4.78, 5) is 0. The smallest absolute Gasteiger partial charge is 0.0663 e. The molecule has 1 heterocycles. The molecule has 0 spiro atoms. The molecule has 2 nitrogen and oxygen atoms in total. The van der Waals surface area contributed by atoms with Crippen molar-refractivity contribution < 1.29 is 9.84 Å². The van der Waals surface area contributed by atoms with Gasteiger partial charge < -0.3 is 9.84 Å². The van der Waals surface area contributed by atoms with E-state index in [1.165, 1.54) is 57.8 Å². The normalized spacial score (nSPS) is 60.0. The summed E-state index contributed by atoms with van der Waals surface area (Å²) >= 11 is 0. The molecule has 5 saturated carbocycles. The molecule has 5 aliphatic carbocycles. The molecule has 0 radical (unpaired) electrons. The zero-order valence-electron chi connectivity index (χ0n) is 22.1. The number of rotatable bonds is 0. The Morgan fingerprint density at radius 1 is 0.688 bits per heavy atom. The fraction of sp³-hybridized carbons (Fsp3) is 1.00. The summed E-state index contributed by atoms with van der Waals surface area (Å²) in [5, 5.41) is 10.9. The maximum atomic E-state index is 10.9. The predicted molar refractivity (Wildman–Crippen MR) is 130 cm³/mol. The monoisotopic (exact) mass is 442 g/mol. The van der Waals surface area contributed by atoms with Crippen molar-refractivity contribution in [3.63, 3.8) is 0 Å². The van der Waals surface area contributed by atoms with Crippen LogP contribution >= 0.6 is 0 Å². The minimum Gasteiger partial charge on any atom is -0.393 e. The summed E-state index contributed by atoms with van der Waals surface area (Å²) in [5.41, 5.74) is 2.16. The molecule has 0 unspecified atom stereocenters. The molecule has 2 bridgehead atoms. The third-order valence-corrected chi connectivity index (χ3v) is 14.1. The molecule has 0 aromatic rings. The zero-order valence-corrected chi connectivity index (χ0v) is 22.1. The molecule has 32 heavy (non-hydrogen) atoms. The van der Waals surface area contributed by atoms with Crippen molar-refractivity contribution in [3.8, 4) is 0 Å². The molecule has 6 aliphatic rings. The van der Waals surface area contributed by atoms with Gasteiger partial charge in [-0.05, 0) is 120 Å². The lowest BCUT2D eigenvalue weighted by Crippen LogP contribution is -2.67. The fourth-order valence-electron chi connectivity index (χ4n) is 12.0. The van der Waals surface area contributed by atoms with Crippen LogP contribution in [-0.2, 0) is 4.74 Å². The van der Waals surface area contributed by atoms with Gasteiger partial charge in [-0.1, -0.05) is 48.5 Å². The van der Waals surface area contributed by atoms with E-state index in [0.29, 0.717) is 39.1 Å². The van der Waals surface area contributed by atoms with Gasteiger partial charge in [-0.15, -0.1) is 0 Å². The predicted octanol–water partition coefficient (Wildman–Crippen LogP) is 7.24. The Bertz CT molecular complexity index is 801. The number of aliphatic hydroxyl groups excluding tert-OH is 1. The van der Waals surface area contributed by atoms with Crippen LogP contribution in [-0.4, -0.2) is 23.9 Å². The minimum atomic E-state index is -0.122. The van der Waals surface area contributed by atoms with Crippen molar-refractivity contribution in [2.45, 2.75) is 125 Å². The minimum absolute atomic E-state index is 0.0586. The van der Waals surface area contributed by atoms with E-state index < -0.39 is 0 Å². The van der Waals surface area contributed by atoms with E-state index in [1.54, 1.807) is 0 Å². The lowest BCUT2D eigenvalue weighted by molar-refractivity contribution is -0.252. The highest BCUT2D eigenvalue weighted by molar-refractivity contribution is 5.21. The largest absolute Gasteiger partial charge is 0.393 e. The molecular weight excluding hydrogens is 392 g/mol. The third kappa shape index (κ3) is 2.41. The second-order valence-corrected chi connectivity index (χ2v) is 15.7. The van der Waals surface area contributed by atoms with Crippen LogP contribution in [0.5, 0.6) is 0 Å². The second-order valence-electron chi connectivity index (χ2n) is 15.7. The van der Waals surface area contributed by atoms with Gasteiger partial charge in [0.2, 0.25) is 0 Å². The first-order valence-corrected chi connectivity index (χ1v) is 14.1. The number of fused-ring (bicyclic) bond motifs is 5. The second kappa shape index (κ2) is 6.37. The summed E-state index contributed by atoms with van der Waals surface area (Å²) in [6.45, 7) is 18.9. The molecule has 6 rings (SSSR count). The van der Waals surface area contributed by atoms with Gasteiger partial charge in [0, 0.05) is 0 Å². The van der Waals surface area contributed by atoms with Gasteiger partial charge in [-0.25, -0.2) is 0 Å². The third-order valence-electron chi connectivity index (χ3n) is 14.1. The number of aliphatic hydroxyl groups is 1. The van der Waals surface area contributed by atoms with Crippen molar-refractivity contribution in [3.05, 3.63) is 0 Å². The molecule has 0 amide bonds. The average Bonchev–Trinajstić information content (AvgIpc) is 3.05. The Balaban J connectivity index is 1.39. The molecule has 10 atom stereocenters. The first-order valence-electron chi connectivity index (χ1n) is 14.1. The van der Waals surface area contributed by atoms with Crippen molar-refractivity contribution in [2.75, 3.05) is 6.61 Å². The molecular formula is C30H50O2. The first-order chi connectivity index (χ1) is 14.8. The summed E-state index contributed by atoms with van der Waals surface area (Å²) in [5.74, 6) is 3.11. The number of hydrogen-bond donors (Lipinski definition) is 1. The first kappa shape index (κ1) is 22.4. The maximum absolute atomic E-state index is 10.9. The van der Waals surface area contributed by atoms with Crippen LogP contribution < -0.4 is 0 Å². The maximum Gasteiger partial charge on any atom is 0.0663 e. The van der Waals surface area contributed by atoms with Crippen LogP contribution in [0.3, 0.4) is 0 Å². The van der Waals surface area contributed by atoms with Gasteiger partial charge in [-0.3, -0.25) is 0 Å². The van der Waals surface area contributed by atoms with Gasteiger partial charge in [0.05, 0.1) is 18.8 Å². The van der Waals surface area contributed by atoms with Crippen LogP contribution in [0.25, 0.3) is 0 Å². The Morgan fingerprint density at radius 3 is 2.16 bits per heavy atom. The van der Waals surface area contributed by atoms with Gasteiger partial charge in [0.25, 0.3) is 0 Å². The standard InChI is InChI=1S/C30H50O2/c1-25(2)14-16-30-17-15-28(6)19(23(30)24(25)32-18-30)8-9-21-27(5)12-11-22(31)26(3,4)20(27)10-13-29(21,28)7/h19-24,31H,8-18H2,1-7H3/t19-,20+,21+,22+,23-,24+,27-,28+,29+,30+/m0/s1. The van der Waals surface area contributed by atoms with E-state index in [-0.39, 0.29) is 11.5 Å². The van der Waals surface area contributed by atoms with E-state index in [2.05, 4.69) is 48.5 Å². The molecule has 6 fully saturated rings. The lowest BCUT2D eigenvalue weighted by Gasteiger charge is -2.73. The van der Waals surface area contributed by atoms with Crippen molar-refractivity contribution in [1.29, 1.82) is 0 Å². The highest BCUT2D eigenvalue weighted by Gasteiger charge is 2.72. The van der Waals surface area contributed by atoms with Crippen LogP contribution in [0.4, 0.5) is 0 Å². The summed E-state index contributed by atoms with van der Waals surface area (Å²) < 4.78 is 6.71. The summed E-state index contributed by atoms with van der Waals surface area (Å²) in [6.07, 6.45) is 13.7. The van der Waals surface area contributed by atoms with Crippen LogP contribution in [0.15, 0.2) is 0 Å². The Kier molecular flexibility index (Phi) is 4.46. The molecule has 0 aromatic heterocycles. The Labute approximate surface area is 197 Å². The Morgan fingerprint density at radius 2 is 1.41 bits per heavy atom. The molecule has 1 N–H and O–H groups in total.